The normalized spacial score (nSPS) is 13.9. The van der Waals surface area contributed by atoms with Crippen LogP contribution in [0.2, 0.25) is 0 Å². The second kappa shape index (κ2) is 10.5. The van der Waals surface area contributed by atoms with Crippen molar-refractivity contribution in [3.05, 3.63) is 58.0 Å². The van der Waals surface area contributed by atoms with Crippen molar-refractivity contribution in [3.63, 3.8) is 0 Å². The zero-order valence-corrected chi connectivity index (χ0v) is 20.1. The van der Waals surface area contributed by atoms with E-state index in [-0.39, 0.29) is 17.7 Å². The maximum atomic E-state index is 13.0. The number of hydrogen-bond donors (Lipinski definition) is 1. The summed E-state index contributed by atoms with van der Waals surface area (Å²) in [5, 5.41) is 12.3. The average Bonchev–Trinajstić information content (AvgIpc) is 3.39. The Morgan fingerprint density at radius 1 is 0.941 bits per heavy atom. The van der Waals surface area contributed by atoms with Crippen LogP contribution < -0.4 is 19.5 Å². The van der Waals surface area contributed by atoms with Gasteiger partial charge in [0.1, 0.15) is 22.3 Å². The second-order valence-corrected chi connectivity index (χ2v) is 8.77. The molecule has 4 rings (SSSR count). The van der Waals surface area contributed by atoms with Crippen molar-refractivity contribution in [1.82, 2.24) is 15.1 Å². The number of carbonyl (C=O) groups excluding carboxylic acids is 2. The van der Waals surface area contributed by atoms with E-state index in [1.54, 1.807) is 56.7 Å². The minimum Gasteiger partial charge on any atom is -0.497 e. The molecule has 0 unspecified atom stereocenters. The smallest absolute Gasteiger partial charge is 0.286 e. The lowest BCUT2D eigenvalue weighted by Gasteiger charge is -2.31. The van der Waals surface area contributed by atoms with Crippen LogP contribution in [0.3, 0.4) is 0 Å². The van der Waals surface area contributed by atoms with E-state index in [4.69, 9.17) is 14.2 Å². The minimum absolute atomic E-state index is 0.0743. The highest BCUT2D eigenvalue weighted by Gasteiger charge is 2.29. The lowest BCUT2D eigenvalue weighted by molar-refractivity contribution is 0.0709. The van der Waals surface area contributed by atoms with Crippen molar-refractivity contribution >= 4 is 28.8 Å². The monoisotopic (exact) mass is 482 g/mol. The van der Waals surface area contributed by atoms with Crippen molar-refractivity contribution in [2.45, 2.75) is 18.8 Å². The molecule has 2 heterocycles. The SMILES string of the molecule is COc1ccc(NC(=O)c2nnc(C3CCN(C(=O)c4ccc(OC)cc4OC)CC3)s2)cc1. The molecule has 10 heteroatoms. The van der Waals surface area contributed by atoms with Gasteiger partial charge in [0.05, 0.1) is 26.9 Å². The number of piperidine rings is 1. The number of methoxy groups -OCH3 is 3. The average molecular weight is 483 g/mol. The highest BCUT2D eigenvalue weighted by Crippen LogP contribution is 2.32. The van der Waals surface area contributed by atoms with Gasteiger partial charge in [0.25, 0.3) is 11.8 Å². The molecular formula is C24H26N4O5S. The summed E-state index contributed by atoms with van der Waals surface area (Å²) in [6.45, 7) is 1.18. The molecule has 0 radical (unpaired) electrons. The van der Waals surface area contributed by atoms with Crippen molar-refractivity contribution < 1.29 is 23.8 Å². The number of likely N-dealkylation sites (tertiary alicyclic amines) is 1. The second-order valence-electron chi connectivity index (χ2n) is 7.76. The van der Waals surface area contributed by atoms with E-state index in [2.05, 4.69) is 15.5 Å². The molecule has 0 saturated carbocycles. The van der Waals surface area contributed by atoms with Gasteiger partial charge in [0.2, 0.25) is 5.01 Å². The summed E-state index contributed by atoms with van der Waals surface area (Å²) in [6, 6.07) is 12.3. The topological polar surface area (TPSA) is 103 Å². The molecule has 9 nitrogen and oxygen atoms in total. The summed E-state index contributed by atoms with van der Waals surface area (Å²) in [5.41, 5.74) is 1.17. The Hall–Kier alpha value is -3.66. The largest absolute Gasteiger partial charge is 0.497 e. The first-order chi connectivity index (χ1) is 16.5. The summed E-state index contributed by atoms with van der Waals surface area (Å²) in [5.74, 6) is 1.62. The highest BCUT2D eigenvalue weighted by molar-refractivity contribution is 7.13. The number of benzene rings is 2. The fourth-order valence-corrected chi connectivity index (χ4v) is 4.73. The van der Waals surface area contributed by atoms with E-state index in [0.717, 1.165) is 17.8 Å². The maximum absolute atomic E-state index is 13.0. The Morgan fingerprint density at radius 3 is 2.26 bits per heavy atom. The Morgan fingerprint density at radius 2 is 1.62 bits per heavy atom. The lowest BCUT2D eigenvalue weighted by atomic mass is 9.97. The number of carbonyl (C=O) groups is 2. The first-order valence-electron chi connectivity index (χ1n) is 10.8. The number of amides is 2. The van der Waals surface area contributed by atoms with Crippen LogP contribution in [0.15, 0.2) is 42.5 Å². The van der Waals surface area contributed by atoms with Crippen LogP contribution in [0.1, 0.15) is 43.9 Å². The molecule has 0 atom stereocenters. The predicted octanol–water partition coefficient (Wildman–Crippen LogP) is 3.84. The van der Waals surface area contributed by atoms with Crippen LogP contribution in [-0.2, 0) is 0 Å². The van der Waals surface area contributed by atoms with E-state index in [1.807, 2.05) is 4.90 Å². The van der Waals surface area contributed by atoms with Crippen molar-refractivity contribution in [2.75, 3.05) is 39.7 Å². The molecule has 3 aromatic rings. The van der Waals surface area contributed by atoms with Gasteiger partial charge >= 0.3 is 0 Å². The van der Waals surface area contributed by atoms with Gasteiger partial charge in [-0.2, -0.15) is 0 Å². The van der Waals surface area contributed by atoms with Gasteiger partial charge < -0.3 is 24.4 Å². The quantitative estimate of drug-likeness (QED) is 0.546. The van der Waals surface area contributed by atoms with E-state index in [9.17, 15) is 9.59 Å². The lowest BCUT2D eigenvalue weighted by Crippen LogP contribution is -2.38. The molecular weight excluding hydrogens is 456 g/mol. The molecule has 178 valence electrons. The molecule has 1 N–H and O–H groups in total. The molecule has 1 aliphatic heterocycles. The van der Waals surface area contributed by atoms with E-state index >= 15 is 0 Å². The minimum atomic E-state index is -0.298. The third kappa shape index (κ3) is 5.12. The van der Waals surface area contributed by atoms with Crippen molar-refractivity contribution in [3.8, 4) is 17.2 Å². The maximum Gasteiger partial charge on any atom is 0.286 e. The molecule has 1 aromatic heterocycles. The van der Waals surface area contributed by atoms with E-state index < -0.39 is 0 Å². The van der Waals surface area contributed by atoms with E-state index in [1.165, 1.54) is 18.4 Å². The Balaban J connectivity index is 1.35. The number of aromatic nitrogens is 2. The Labute approximate surface area is 201 Å². The zero-order valence-electron chi connectivity index (χ0n) is 19.2. The van der Waals surface area contributed by atoms with Crippen LogP contribution in [0.5, 0.6) is 17.2 Å². The summed E-state index contributed by atoms with van der Waals surface area (Å²) in [7, 11) is 4.70. The number of rotatable bonds is 7. The molecule has 0 spiro atoms. The summed E-state index contributed by atoms with van der Waals surface area (Å²) in [4.78, 5) is 27.4. The Bertz CT molecular complexity index is 1160. The Kier molecular flexibility index (Phi) is 7.27. The zero-order chi connectivity index (χ0) is 24.1. The first kappa shape index (κ1) is 23.5. The third-order valence-corrected chi connectivity index (χ3v) is 6.84. The molecule has 1 aliphatic rings. The number of hydrogen-bond acceptors (Lipinski definition) is 8. The van der Waals surface area contributed by atoms with E-state index in [0.29, 0.717) is 46.6 Å². The molecule has 1 saturated heterocycles. The van der Waals surface area contributed by atoms with Gasteiger partial charge in [0.15, 0.2) is 0 Å². The van der Waals surface area contributed by atoms with Crippen LogP contribution in [0.25, 0.3) is 0 Å². The first-order valence-corrected chi connectivity index (χ1v) is 11.6. The summed E-state index contributed by atoms with van der Waals surface area (Å²) >= 11 is 1.29. The molecule has 1 fully saturated rings. The molecule has 0 aliphatic carbocycles. The fourth-order valence-electron chi connectivity index (χ4n) is 3.83. The molecule has 34 heavy (non-hydrogen) atoms. The van der Waals surface area contributed by atoms with Gasteiger partial charge in [-0.3, -0.25) is 9.59 Å². The van der Waals surface area contributed by atoms with Gasteiger partial charge in [-0.25, -0.2) is 0 Å². The van der Waals surface area contributed by atoms with Crippen molar-refractivity contribution in [1.29, 1.82) is 0 Å². The van der Waals surface area contributed by atoms with Gasteiger partial charge in [0, 0.05) is 30.8 Å². The molecule has 2 amide bonds. The fraction of sp³-hybridized carbons (Fsp3) is 0.333. The van der Waals surface area contributed by atoms with Gasteiger partial charge in [-0.15, -0.1) is 10.2 Å². The van der Waals surface area contributed by atoms with Gasteiger partial charge in [-0.1, -0.05) is 11.3 Å². The standard InChI is InChI=1S/C24H26N4O5S/c1-31-17-6-4-16(5-7-17)25-21(29)23-27-26-22(34-23)15-10-12-28(13-11-15)24(30)19-9-8-18(32-2)14-20(19)33-3/h4-9,14-15H,10-13H2,1-3H3,(H,25,29). The number of ether oxygens (including phenoxy) is 3. The highest BCUT2D eigenvalue weighted by atomic mass is 32.1. The number of nitrogens with one attached hydrogen (secondary N) is 1. The summed E-state index contributed by atoms with van der Waals surface area (Å²) < 4.78 is 15.7. The predicted molar refractivity (Wildman–Crippen MR) is 128 cm³/mol. The van der Waals surface area contributed by atoms with Gasteiger partial charge in [-0.05, 0) is 49.2 Å². The molecule has 2 aromatic carbocycles. The van der Waals surface area contributed by atoms with Crippen LogP contribution >= 0.6 is 11.3 Å². The summed E-state index contributed by atoms with van der Waals surface area (Å²) in [6.07, 6.45) is 1.50. The molecule has 0 bridgehead atoms. The van der Waals surface area contributed by atoms with Crippen LogP contribution in [0.4, 0.5) is 5.69 Å². The number of anilines is 1. The third-order valence-electron chi connectivity index (χ3n) is 5.75. The number of nitrogens with zero attached hydrogens (tertiary/aromatic N) is 3. The van der Waals surface area contributed by atoms with Crippen molar-refractivity contribution in [2.24, 2.45) is 0 Å². The van der Waals surface area contributed by atoms with Crippen LogP contribution in [-0.4, -0.2) is 61.3 Å². The van der Waals surface area contributed by atoms with Crippen LogP contribution in [0, 0.1) is 0 Å².